The minimum Gasteiger partial charge on any atom is -0.376 e. The molecule has 176 valence electrons. The summed E-state index contributed by atoms with van der Waals surface area (Å²) in [5.74, 6) is 0.775. The van der Waals surface area contributed by atoms with Crippen molar-refractivity contribution >= 4 is 10.9 Å². The molecule has 4 aromatic rings. The number of aromatic amines is 1. The minimum atomic E-state index is -0.0613. The van der Waals surface area contributed by atoms with Crippen molar-refractivity contribution in [2.24, 2.45) is 0 Å². The van der Waals surface area contributed by atoms with E-state index >= 15 is 0 Å². The van der Waals surface area contributed by atoms with Crippen molar-refractivity contribution in [2.45, 2.75) is 58.5 Å². The number of rotatable bonds is 9. The highest BCUT2D eigenvalue weighted by Gasteiger charge is 2.20. The lowest BCUT2D eigenvalue weighted by atomic mass is 10.1. The van der Waals surface area contributed by atoms with Gasteiger partial charge in [-0.05, 0) is 64.4 Å². The molecule has 2 aromatic heterocycles. The van der Waals surface area contributed by atoms with Gasteiger partial charge in [0.25, 0.3) is 5.56 Å². The Balaban J connectivity index is 1.42. The van der Waals surface area contributed by atoms with Gasteiger partial charge in [-0.15, -0.1) is 5.10 Å². The molecule has 2 aromatic carbocycles. The summed E-state index contributed by atoms with van der Waals surface area (Å²) < 4.78 is 7.62. The van der Waals surface area contributed by atoms with E-state index in [1.54, 1.807) is 0 Å². The SMILES string of the molecule is CCc1ccc2[nH]c(=O)c(CN(Cc3ccccc3)Cc3nnnn3C[C@@H]3CCCO3)cc2c1. The van der Waals surface area contributed by atoms with Crippen LogP contribution in [0.4, 0.5) is 0 Å². The summed E-state index contributed by atoms with van der Waals surface area (Å²) in [4.78, 5) is 18.2. The number of fused-ring (bicyclic) bond motifs is 1. The molecule has 1 saturated heterocycles. The van der Waals surface area contributed by atoms with Crippen molar-refractivity contribution < 1.29 is 4.74 Å². The number of nitrogens with zero attached hydrogens (tertiary/aromatic N) is 5. The highest BCUT2D eigenvalue weighted by molar-refractivity contribution is 5.79. The van der Waals surface area contributed by atoms with Crippen molar-refractivity contribution in [3.05, 3.63) is 87.5 Å². The van der Waals surface area contributed by atoms with Crippen LogP contribution in [-0.2, 0) is 37.3 Å². The second kappa shape index (κ2) is 10.3. The van der Waals surface area contributed by atoms with Crippen molar-refractivity contribution in [1.82, 2.24) is 30.1 Å². The molecule has 0 saturated carbocycles. The summed E-state index contributed by atoms with van der Waals surface area (Å²) in [6, 6.07) is 18.5. The van der Waals surface area contributed by atoms with E-state index in [-0.39, 0.29) is 11.7 Å². The normalized spacial score (nSPS) is 16.0. The van der Waals surface area contributed by atoms with Gasteiger partial charge in [0.05, 0.1) is 19.2 Å². The Hall–Kier alpha value is -3.36. The molecule has 8 heteroatoms. The second-order valence-electron chi connectivity index (χ2n) is 8.94. The zero-order valence-corrected chi connectivity index (χ0v) is 19.5. The molecule has 1 N–H and O–H groups in total. The molecule has 0 aliphatic carbocycles. The van der Waals surface area contributed by atoms with Crippen LogP contribution in [0.5, 0.6) is 0 Å². The van der Waals surface area contributed by atoms with Gasteiger partial charge < -0.3 is 9.72 Å². The Kier molecular flexibility index (Phi) is 6.78. The zero-order chi connectivity index (χ0) is 23.3. The van der Waals surface area contributed by atoms with Gasteiger partial charge in [-0.25, -0.2) is 4.68 Å². The highest BCUT2D eigenvalue weighted by Crippen LogP contribution is 2.18. The Bertz CT molecular complexity index is 1290. The van der Waals surface area contributed by atoms with E-state index in [1.165, 1.54) is 11.1 Å². The van der Waals surface area contributed by atoms with Gasteiger partial charge in [0.1, 0.15) is 0 Å². The number of nitrogens with one attached hydrogen (secondary N) is 1. The number of ether oxygens (including phenoxy) is 1. The van der Waals surface area contributed by atoms with Gasteiger partial charge in [0.2, 0.25) is 0 Å². The molecule has 0 spiro atoms. The quantitative estimate of drug-likeness (QED) is 0.413. The number of pyridine rings is 1. The first-order chi connectivity index (χ1) is 16.7. The third-order valence-electron chi connectivity index (χ3n) is 6.41. The molecular formula is C26H30N6O2. The first-order valence-corrected chi connectivity index (χ1v) is 12.0. The molecule has 1 atom stereocenters. The van der Waals surface area contributed by atoms with Crippen LogP contribution in [0.25, 0.3) is 10.9 Å². The lowest BCUT2D eigenvalue weighted by Gasteiger charge is -2.22. The maximum atomic E-state index is 12.9. The Labute approximate surface area is 198 Å². The molecule has 1 aliphatic heterocycles. The van der Waals surface area contributed by atoms with Gasteiger partial charge in [-0.2, -0.15) is 0 Å². The van der Waals surface area contributed by atoms with Crippen molar-refractivity contribution in [3.8, 4) is 0 Å². The lowest BCUT2D eigenvalue weighted by Crippen LogP contribution is -2.29. The van der Waals surface area contributed by atoms with E-state index in [0.29, 0.717) is 26.2 Å². The van der Waals surface area contributed by atoms with Gasteiger partial charge >= 0.3 is 0 Å². The molecule has 1 aliphatic rings. The predicted octanol–water partition coefficient (Wildman–Crippen LogP) is 3.46. The second-order valence-corrected chi connectivity index (χ2v) is 8.94. The summed E-state index contributed by atoms with van der Waals surface area (Å²) in [5.41, 5.74) is 3.95. The van der Waals surface area contributed by atoms with Crippen LogP contribution < -0.4 is 5.56 Å². The number of hydrogen-bond acceptors (Lipinski definition) is 6. The monoisotopic (exact) mass is 458 g/mol. The maximum absolute atomic E-state index is 12.9. The van der Waals surface area contributed by atoms with Crippen LogP contribution >= 0.6 is 0 Å². The third kappa shape index (κ3) is 5.24. The van der Waals surface area contributed by atoms with Crippen LogP contribution in [0.3, 0.4) is 0 Å². The third-order valence-corrected chi connectivity index (χ3v) is 6.41. The molecule has 0 unspecified atom stereocenters. The van der Waals surface area contributed by atoms with Gasteiger partial charge in [-0.1, -0.05) is 43.3 Å². The summed E-state index contributed by atoms with van der Waals surface area (Å²) >= 11 is 0. The van der Waals surface area contributed by atoms with Crippen LogP contribution in [0, 0.1) is 0 Å². The molecule has 5 rings (SSSR count). The number of hydrogen-bond donors (Lipinski definition) is 1. The van der Waals surface area contributed by atoms with Crippen LogP contribution in [-0.4, -0.2) is 42.8 Å². The molecular weight excluding hydrogens is 428 g/mol. The number of H-pyrrole nitrogens is 1. The highest BCUT2D eigenvalue weighted by atomic mass is 16.5. The molecule has 0 bridgehead atoms. The molecule has 0 radical (unpaired) electrons. The fourth-order valence-electron chi connectivity index (χ4n) is 4.55. The summed E-state index contributed by atoms with van der Waals surface area (Å²) in [6.45, 7) is 5.28. The van der Waals surface area contributed by atoms with Crippen molar-refractivity contribution in [2.75, 3.05) is 6.61 Å². The Morgan fingerprint density at radius 2 is 1.97 bits per heavy atom. The molecule has 0 amide bonds. The van der Waals surface area contributed by atoms with E-state index < -0.39 is 0 Å². The average molecular weight is 459 g/mol. The lowest BCUT2D eigenvalue weighted by molar-refractivity contribution is 0.0914. The number of aromatic nitrogens is 5. The summed E-state index contributed by atoms with van der Waals surface area (Å²) in [5, 5.41) is 13.5. The largest absolute Gasteiger partial charge is 0.376 e. The van der Waals surface area contributed by atoms with Crippen molar-refractivity contribution in [1.29, 1.82) is 0 Å². The summed E-state index contributed by atoms with van der Waals surface area (Å²) in [6.07, 6.45) is 3.21. The van der Waals surface area contributed by atoms with Crippen molar-refractivity contribution in [3.63, 3.8) is 0 Å². The fourth-order valence-corrected chi connectivity index (χ4v) is 4.55. The van der Waals surface area contributed by atoms with Gasteiger partial charge in [-0.3, -0.25) is 9.69 Å². The van der Waals surface area contributed by atoms with Crippen LogP contribution in [0.15, 0.2) is 59.4 Å². The van der Waals surface area contributed by atoms with Gasteiger partial charge in [0.15, 0.2) is 5.82 Å². The molecule has 3 heterocycles. The van der Waals surface area contributed by atoms with Crippen LogP contribution in [0.1, 0.15) is 42.3 Å². The minimum absolute atomic E-state index is 0.0613. The molecule has 34 heavy (non-hydrogen) atoms. The van der Waals surface area contributed by atoms with Crippen LogP contribution in [0.2, 0.25) is 0 Å². The first-order valence-electron chi connectivity index (χ1n) is 12.0. The molecule has 1 fully saturated rings. The van der Waals surface area contributed by atoms with E-state index in [2.05, 4.69) is 56.6 Å². The number of tetrazole rings is 1. The Morgan fingerprint density at radius 1 is 1.09 bits per heavy atom. The Morgan fingerprint density at radius 3 is 2.76 bits per heavy atom. The zero-order valence-electron chi connectivity index (χ0n) is 19.5. The molecule has 8 nitrogen and oxygen atoms in total. The standard InChI is InChI=1S/C26H30N6O2/c1-2-19-10-11-24-21(13-19)14-22(26(33)27-24)16-31(15-20-7-4-3-5-8-20)18-25-28-29-30-32(25)17-23-9-6-12-34-23/h3-5,7-8,10-11,13-14,23H,2,6,9,12,15-18H2,1H3,(H,27,33)/t23-/m0/s1. The number of benzene rings is 2. The fraction of sp³-hybridized carbons (Fsp3) is 0.385. The summed E-state index contributed by atoms with van der Waals surface area (Å²) in [7, 11) is 0. The van der Waals surface area contributed by atoms with Gasteiger partial charge in [0, 0.05) is 30.8 Å². The maximum Gasteiger partial charge on any atom is 0.252 e. The van der Waals surface area contributed by atoms with E-state index in [1.807, 2.05) is 35.0 Å². The van der Waals surface area contributed by atoms with E-state index in [0.717, 1.165) is 48.2 Å². The first kappa shape index (κ1) is 22.4. The van der Waals surface area contributed by atoms with E-state index in [4.69, 9.17) is 4.74 Å². The smallest absolute Gasteiger partial charge is 0.252 e. The predicted molar refractivity (Wildman–Crippen MR) is 130 cm³/mol. The number of aryl methyl sites for hydroxylation is 1. The van der Waals surface area contributed by atoms with E-state index in [9.17, 15) is 4.79 Å². The average Bonchev–Trinajstić information content (AvgIpc) is 3.52. The topological polar surface area (TPSA) is 88.9 Å².